The lowest BCUT2D eigenvalue weighted by Crippen LogP contribution is -2.26. The van der Waals surface area contributed by atoms with Gasteiger partial charge in [-0.25, -0.2) is 18.2 Å². The average molecular weight is 387 g/mol. The van der Waals surface area contributed by atoms with Gasteiger partial charge in [0.2, 0.25) is 5.91 Å². The fourth-order valence-corrected chi connectivity index (χ4v) is 2.99. The second kappa shape index (κ2) is 8.86. The van der Waals surface area contributed by atoms with Gasteiger partial charge in [-0.05, 0) is 18.6 Å². The van der Waals surface area contributed by atoms with E-state index in [4.69, 9.17) is 4.74 Å². The van der Waals surface area contributed by atoms with Crippen molar-refractivity contribution >= 4 is 23.4 Å². The highest BCUT2D eigenvalue weighted by Crippen LogP contribution is 2.25. The van der Waals surface area contributed by atoms with Crippen LogP contribution >= 0.6 is 11.8 Å². The van der Waals surface area contributed by atoms with E-state index in [2.05, 4.69) is 15.3 Å². The van der Waals surface area contributed by atoms with Crippen molar-refractivity contribution in [3.8, 4) is 0 Å². The molecule has 2 aromatic rings. The molecule has 0 radical (unpaired) electrons. The average Bonchev–Trinajstić information content (AvgIpc) is 2.60. The number of aromatic amines is 1. The number of halogens is 3. The van der Waals surface area contributed by atoms with Crippen LogP contribution in [-0.4, -0.2) is 28.2 Å². The van der Waals surface area contributed by atoms with Crippen molar-refractivity contribution < 1.29 is 22.7 Å². The van der Waals surface area contributed by atoms with Crippen molar-refractivity contribution in [1.29, 1.82) is 0 Å². The Labute approximate surface area is 151 Å². The molecule has 6 nitrogen and oxygen atoms in total. The third kappa shape index (κ3) is 4.85. The van der Waals surface area contributed by atoms with Gasteiger partial charge in [-0.3, -0.25) is 9.59 Å². The Bertz CT molecular complexity index is 860. The summed E-state index contributed by atoms with van der Waals surface area (Å²) in [5, 5.41) is 1.66. The molecule has 0 aliphatic carbocycles. The Balaban J connectivity index is 2.17. The highest BCUT2D eigenvalue weighted by Gasteiger charge is 2.22. The number of hydrogen-bond donors (Lipinski definition) is 2. The molecule has 1 aromatic heterocycles. The van der Waals surface area contributed by atoms with Crippen molar-refractivity contribution in [1.82, 2.24) is 9.97 Å². The molecule has 0 saturated carbocycles. The first kappa shape index (κ1) is 20.0. The predicted molar refractivity (Wildman–Crippen MR) is 90.5 cm³/mol. The summed E-state index contributed by atoms with van der Waals surface area (Å²) in [6, 6.07) is 2.92. The minimum Gasteiger partial charge on any atom is -0.378 e. The lowest BCUT2D eigenvalue weighted by molar-refractivity contribution is -0.115. The first-order valence-corrected chi connectivity index (χ1v) is 8.43. The third-order valence-electron chi connectivity index (χ3n) is 3.28. The van der Waals surface area contributed by atoms with Gasteiger partial charge in [-0.2, -0.15) is 0 Å². The smallest absolute Gasteiger partial charge is 0.251 e. The fraction of sp³-hybridized carbons (Fsp3) is 0.312. The molecule has 10 heteroatoms. The molecule has 140 valence electrons. The maximum atomic E-state index is 13.7. The molecular formula is C16H16F3N3O3S. The SMILES string of the molecule is CCC(Sc1nc(COC)cc(=O)[nH]1)C(=O)Nc1ccc(F)c(F)c1F. The number of thioether (sulfide) groups is 1. The zero-order chi connectivity index (χ0) is 19.3. The maximum absolute atomic E-state index is 13.7. The van der Waals surface area contributed by atoms with Crippen molar-refractivity contribution in [2.45, 2.75) is 30.4 Å². The summed E-state index contributed by atoms with van der Waals surface area (Å²) in [6.45, 7) is 1.83. The summed E-state index contributed by atoms with van der Waals surface area (Å²) in [6.07, 6.45) is 0.319. The van der Waals surface area contributed by atoms with E-state index in [0.717, 1.165) is 23.9 Å². The first-order valence-electron chi connectivity index (χ1n) is 7.55. The fourth-order valence-electron chi connectivity index (χ4n) is 2.05. The van der Waals surface area contributed by atoms with Gasteiger partial charge >= 0.3 is 0 Å². The molecule has 0 bridgehead atoms. The number of amides is 1. The molecule has 0 aliphatic heterocycles. The maximum Gasteiger partial charge on any atom is 0.251 e. The highest BCUT2D eigenvalue weighted by molar-refractivity contribution is 8.00. The van der Waals surface area contributed by atoms with E-state index < -0.39 is 39.9 Å². The van der Waals surface area contributed by atoms with Crippen LogP contribution in [0.2, 0.25) is 0 Å². The second-order valence-corrected chi connectivity index (χ2v) is 6.39. The number of rotatable bonds is 7. The topological polar surface area (TPSA) is 84.1 Å². The van der Waals surface area contributed by atoms with Crippen LogP contribution in [0, 0.1) is 17.5 Å². The molecule has 1 atom stereocenters. The Morgan fingerprint density at radius 3 is 2.73 bits per heavy atom. The molecule has 1 heterocycles. The number of anilines is 1. The van der Waals surface area contributed by atoms with Gasteiger partial charge in [0.25, 0.3) is 5.56 Å². The molecule has 0 aliphatic rings. The number of carbonyl (C=O) groups excluding carboxylic acids is 1. The van der Waals surface area contributed by atoms with E-state index in [0.29, 0.717) is 12.1 Å². The zero-order valence-corrected chi connectivity index (χ0v) is 14.8. The van der Waals surface area contributed by atoms with Crippen LogP contribution < -0.4 is 10.9 Å². The van der Waals surface area contributed by atoms with E-state index in [-0.39, 0.29) is 11.8 Å². The van der Waals surface area contributed by atoms with Crippen molar-refractivity contribution in [2.24, 2.45) is 0 Å². The van der Waals surface area contributed by atoms with Gasteiger partial charge in [0.05, 0.1) is 23.2 Å². The summed E-state index contributed by atoms with van der Waals surface area (Å²) in [4.78, 5) is 30.6. The third-order valence-corrected chi connectivity index (χ3v) is 4.52. The molecule has 1 unspecified atom stereocenters. The Kier molecular flexibility index (Phi) is 6.81. The van der Waals surface area contributed by atoms with E-state index in [1.165, 1.54) is 13.2 Å². The number of aromatic nitrogens is 2. The number of hydrogen-bond acceptors (Lipinski definition) is 5. The van der Waals surface area contributed by atoms with Crippen LogP contribution in [0.1, 0.15) is 19.0 Å². The van der Waals surface area contributed by atoms with Gasteiger partial charge in [0.1, 0.15) is 0 Å². The number of methoxy groups -OCH3 is 1. The summed E-state index contributed by atoms with van der Waals surface area (Å²) >= 11 is 0.959. The predicted octanol–water partition coefficient (Wildman–Crippen LogP) is 2.84. The van der Waals surface area contributed by atoms with Crippen LogP contribution in [-0.2, 0) is 16.1 Å². The second-order valence-electron chi connectivity index (χ2n) is 5.20. The van der Waals surface area contributed by atoms with Gasteiger partial charge in [0.15, 0.2) is 22.6 Å². The molecule has 1 amide bonds. The van der Waals surface area contributed by atoms with Crippen molar-refractivity contribution in [2.75, 3.05) is 12.4 Å². The van der Waals surface area contributed by atoms with Gasteiger partial charge < -0.3 is 15.0 Å². The number of H-pyrrole nitrogens is 1. The molecule has 2 rings (SSSR count). The zero-order valence-electron chi connectivity index (χ0n) is 13.9. The largest absolute Gasteiger partial charge is 0.378 e. The van der Waals surface area contributed by atoms with Crippen molar-refractivity contribution in [3.63, 3.8) is 0 Å². The Morgan fingerprint density at radius 1 is 1.35 bits per heavy atom. The molecule has 0 saturated heterocycles. The Hall–Kier alpha value is -2.33. The van der Waals surface area contributed by atoms with Crippen LogP contribution in [0.4, 0.5) is 18.9 Å². The minimum absolute atomic E-state index is 0.126. The number of carbonyl (C=O) groups is 1. The standard InChI is InChI=1S/C16H16F3N3O3S/c1-3-11(26-16-20-8(7-25-2)6-12(23)22-16)15(24)21-10-5-4-9(17)13(18)14(10)19/h4-6,11H,3,7H2,1-2H3,(H,21,24)(H,20,22,23). The summed E-state index contributed by atoms with van der Waals surface area (Å²) < 4.78 is 44.8. The minimum atomic E-state index is -1.67. The summed E-state index contributed by atoms with van der Waals surface area (Å²) in [5.41, 5.74) is -0.486. The van der Waals surface area contributed by atoms with Crippen molar-refractivity contribution in [3.05, 3.63) is 51.7 Å². The first-order chi connectivity index (χ1) is 12.3. The summed E-state index contributed by atoms with van der Waals surface area (Å²) in [7, 11) is 1.45. The lowest BCUT2D eigenvalue weighted by atomic mass is 10.2. The quantitative estimate of drug-likeness (QED) is 0.434. The highest BCUT2D eigenvalue weighted by atomic mass is 32.2. The Morgan fingerprint density at radius 2 is 2.08 bits per heavy atom. The molecule has 0 fully saturated rings. The van der Waals surface area contributed by atoms with E-state index in [1.54, 1.807) is 6.92 Å². The van der Waals surface area contributed by atoms with Gasteiger partial charge in [-0.15, -0.1) is 0 Å². The molecule has 2 N–H and O–H groups in total. The van der Waals surface area contributed by atoms with Gasteiger partial charge in [0, 0.05) is 13.2 Å². The van der Waals surface area contributed by atoms with E-state index >= 15 is 0 Å². The molecule has 1 aromatic carbocycles. The van der Waals surface area contributed by atoms with Gasteiger partial charge in [-0.1, -0.05) is 18.7 Å². The van der Waals surface area contributed by atoms with E-state index in [1.807, 2.05) is 0 Å². The normalized spacial score (nSPS) is 12.0. The molecular weight excluding hydrogens is 371 g/mol. The number of benzene rings is 1. The molecule has 0 spiro atoms. The number of nitrogens with zero attached hydrogens (tertiary/aromatic N) is 1. The molecule has 26 heavy (non-hydrogen) atoms. The van der Waals surface area contributed by atoms with Crippen LogP contribution in [0.3, 0.4) is 0 Å². The van der Waals surface area contributed by atoms with Crippen LogP contribution in [0.25, 0.3) is 0 Å². The number of ether oxygens (including phenoxy) is 1. The van der Waals surface area contributed by atoms with Crippen LogP contribution in [0.15, 0.2) is 28.2 Å². The summed E-state index contributed by atoms with van der Waals surface area (Å²) in [5.74, 6) is -5.13. The van der Waals surface area contributed by atoms with E-state index in [9.17, 15) is 22.8 Å². The van der Waals surface area contributed by atoms with Crippen LogP contribution in [0.5, 0.6) is 0 Å². The lowest BCUT2D eigenvalue weighted by Gasteiger charge is -2.15. The monoisotopic (exact) mass is 387 g/mol. The number of nitrogens with one attached hydrogen (secondary N) is 2.